The number of halogens is 2. The Morgan fingerprint density at radius 2 is 1.71 bits per heavy atom. The summed E-state index contributed by atoms with van der Waals surface area (Å²) in [6.07, 6.45) is 0. The molecule has 0 saturated carbocycles. The number of aliphatic hydroxyl groups is 1. The zero-order valence-corrected chi connectivity index (χ0v) is 11.7. The summed E-state index contributed by atoms with van der Waals surface area (Å²) in [4.78, 5) is 21.6. The molecule has 88 valence electrons. The average Bonchev–Trinajstić information content (AvgIpc) is 2.00. The predicted molar refractivity (Wildman–Crippen MR) is 57.9 cm³/mol. The van der Waals surface area contributed by atoms with Crippen LogP contribution in [-0.2, 0) is 8.39 Å². The molecule has 0 spiro atoms. The predicted octanol–water partition coefficient (Wildman–Crippen LogP) is 1.12. The molecule has 0 aromatic carbocycles. The molecule has 0 rings (SSSR count). The van der Waals surface area contributed by atoms with E-state index in [0.717, 1.165) is 0 Å². The molecule has 0 saturated heterocycles. The standard InChI is InChI=1S/C5H10Br2O2.H3O4P/c1-5(2,3-8)4(6)9-7;1-5(2,3)4/h4,8H,3H2,1-2H3;(H3,1,2,3,4). The molecule has 0 aromatic heterocycles. The van der Waals surface area contributed by atoms with E-state index in [9.17, 15) is 0 Å². The van der Waals surface area contributed by atoms with Crippen molar-refractivity contribution >= 4 is 40.0 Å². The van der Waals surface area contributed by atoms with Crippen LogP contribution in [-0.4, -0.2) is 31.4 Å². The van der Waals surface area contributed by atoms with Gasteiger partial charge in [-0.15, -0.1) is 0 Å². The minimum atomic E-state index is -4.64. The van der Waals surface area contributed by atoms with Crippen molar-refractivity contribution in [1.29, 1.82) is 0 Å². The summed E-state index contributed by atoms with van der Waals surface area (Å²) >= 11 is 6.06. The first-order valence-corrected chi connectivity index (χ1v) is 6.48. The van der Waals surface area contributed by atoms with Crippen LogP contribution in [0.1, 0.15) is 13.8 Å². The Bertz CT molecular complexity index is 184. The first-order valence-electron chi connectivity index (χ1n) is 3.35. The number of hydrogen-bond acceptors (Lipinski definition) is 3. The normalized spacial score (nSPS) is 14.3. The van der Waals surface area contributed by atoms with Crippen molar-refractivity contribution in [3.05, 3.63) is 0 Å². The fourth-order valence-electron chi connectivity index (χ4n) is 0.192. The highest BCUT2D eigenvalue weighted by molar-refractivity contribution is 9.10. The van der Waals surface area contributed by atoms with Crippen LogP contribution in [0.15, 0.2) is 0 Å². The van der Waals surface area contributed by atoms with Crippen LogP contribution >= 0.6 is 40.0 Å². The topological polar surface area (TPSA) is 107 Å². The third-order valence-corrected chi connectivity index (χ3v) is 3.40. The fourth-order valence-corrected chi connectivity index (χ4v) is 0.843. The van der Waals surface area contributed by atoms with Gasteiger partial charge in [-0.3, -0.25) is 3.83 Å². The molecule has 0 aliphatic carbocycles. The van der Waals surface area contributed by atoms with E-state index in [0.29, 0.717) is 0 Å². The summed E-state index contributed by atoms with van der Waals surface area (Å²) in [6.45, 7) is 3.88. The Kier molecular flexibility index (Phi) is 9.06. The van der Waals surface area contributed by atoms with Crippen LogP contribution in [0.5, 0.6) is 0 Å². The molecule has 0 aliphatic rings. The van der Waals surface area contributed by atoms with E-state index in [1.54, 1.807) is 0 Å². The number of aliphatic hydroxyl groups excluding tert-OH is 1. The maximum atomic E-state index is 8.88. The van der Waals surface area contributed by atoms with Crippen LogP contribution in [0.2, 0.25) is 0 Å². The highest BCUT2D eigenvalue weighted by atomic mass is 79.9. The van der Waals surface area contributed by atoms with Gasteiger partial charge in [-0.1, -0.05) is 29.8 Å². The molecular formula is C5H13Br2O6P. The average molecular weight is 360 g/mol. The van der Waals surface area contributed by atoms with Crippen LogP contribution in [0.4, 0.5) is 0 Å². The Labute approximate surface area is 99.1 Å². The van der Waals surface area contributed by atoms with Gasteiger partial charge in [0.1, 0.15) is 5.01 Å². The highest BCUT2D eigenvalue weighted by Crippen LogP contribution is 2.28. The monoisotopic (exact) mass is 358 g/mol. The minimum absolute atomic E-state index is 0.0918. The van der Waals surface area contributed by atoms with Crippen molar-refractivity contribution in [3.8, 4) is 0 Å². The van der Waals surface area contributed by atoms with Crippen LogP contribution < -0.4 is 0 Å². The number of rotatable bonds is 3. The summed E-state index contributed by atoms with van der Waals surface area (Å²) in [5.41, 5.74) is -0.247. The third kappa shape index (κ3) is 13.0. The van der Waals surface area contributed by atoms with Gasteiger partial charge in [-0.2, -0.15) is 0 Å². The molecule has 14 heavy (non-hydrogen) atoms. The lowest BCUT2D eigenvalue weighted by Crippen LogP contribution is -2.28. The summed E-state index contributed by atoms with van der Waals surface area (Å²) in [7, 11) is -4.64. The molecule has 9 heteroatoms. The van der Waals surface area contributed by atoms with Crippen molar-refractivity contribution in [3.63, 3.8) is 0 Å². The molecule has 0 heterocycles. The van der Waals surface area contributed by atoms with Crippen molar-refractivity contribution < 1.29 is 28.2 Å². The number of hydrogen-bond donors (Lipinski definition) is 4. The van der Waals surface area contributed by atoms with Gasteiger partial charge in [0.25, 0.3) is 0 Å². The fraction of sp³-hybridized carbons (Fsp3) is 1.00. The molecule has 0 radical (unpaired) electrons. The van der Waals surface area contributed by atoms with Gasteiger partial charge >= 0.3 is 7.82 Å². The van der Waals surface area contributed by atoms with E-state index in [4.69, 9.17) is 28.2 Å². The highest BCUT2D eigenvalue weighted by Gasteiger charge is 2.26. The summed E-state index contributed by atoms with van der Waals surface area (Å²) < 4.78 is 13.7. The molecule has 4 N–H and O–H groups in total. The molecule has 1 atom stereocenters. The first-order chi connectivity index (χ1) is 6.04. The third-order valence-electron chi connectivity index (χ3n) is 1.10. The second-order valence-corrected chi connectivity index (χ2v) is 5.30. The van der Waals surface area contributed by atoms with Gasteiger partial charge in [-0.05, 0) is 0 Å². The molecule has 0 fully saturated rings. The Morgan fingerprint density at radius 3 is 1.79 bits per heavy atom. The van der Waals surface area contributed by atoms with E-state index in [-0.39, 0.29) is 17.0 Å². The van der Waals surface area contributed by atoms with E-state index < -0.39 is 7.82 Å². The second-order valence-electron chi connectivity index (χ2n) is 3.07. The maximum absolute atomic E-state index is 8.88. The SMILES string of the molecule is CC(C)(CO)C(Br)OBr.O=P(O)(O)O. The lowest BCUT2D eigenvalue weighted by Gasteiger charge is -2.24. The smallest absolute Gasteiger partial charge is 0.396 e. The van der Waals surface area contributed by atoms with Crippen molar-refractivity contribution in [2.75, 3.05) is 6.61 Å². The first kappa shape index (κ1) is 17.4. The summed E-state index contributed by atoms with van der Waals surface area (Å²) in [5, 5.41) is 8.61. The van der Waals surface area contributed by atoms with Crippen LogP contribution in [0, 0.1) is 5.41 Å². The lowest BCUT2D eigenvalue weighted by molar-refractivity contribution is 0.0973. The maximum Gasteiger partial charge on any atom is 0.466 e. The van der Waals surface area contributed by atoms with Gasteiger partial charge < -0.3 is 19.8 Å². The quantitative estimate of drug-likeness (QED) is 0.444. The zero-order valence-electron chi connectivity index (χ0n) is 7.59. The lowest BCUT2D eigenvalue weighted by atomic mass is 9.97. The largest absolute Gasteiger partial charge is 0.466 e. The molecule has 0 aromatic rings. The van der Waals surface area contributed by atoms with Crippen molar-refractivity contribution in [2.24, 2.45) is 5.41 Å². The van der Waals surface area contributed by atoms with E-state index in [1.807, 2.05) is 13.8 Å². The number of phosphoric acid groups is 1. The Morgan fingerprint density at radius 1 is 1.43 bits per heavy atom. The van der Waals surface area contributed by atoms with E-state index >= 15 is 0 Å². The molecule has 6 nitrogen and oxygen atoms in total. The van der Waals surface area contributed by atoms with Gasteiger partial charge in [0.05, 0.1) is 22.9 Å². The second kappa shape index (κ2) is 7.29. The summed E-state index contributed by atoms with van der Waals surface area (Å²) in [6, 6.07) is 0. The molecule has 1 unspecified atom stereocenters. The zero-order chi connectivity index (χ0) is 12.0. The van der Waals surface area contributed by atoms with Crippen LogP contribution in [0.3, 0.4) is 0 Å². The summed E-state index contributed by atoms with van der Waals surface area (Å²) in [5.74, 6) is 0. The van der Waals surface area contributed by atoms with Crippen molar-refractivity contribution in [1.82, 2.24) is 0 Å². The molecule has 0 bridgehead atoms. The van der Waals surface area contributed by atoms with Gasteiger partial charge in [0.15, 0.2) is 0 Å². The van der Waals surface area contributed by atoms with Gasteiger partial charge in [0.2, 0.25) is 0 Å². The van der Waals surface area contributed by atoms with Crippen molar-refractivity contribution in [2.45, 2.75) is 18.9 Å². The molecular weight excluding hydrogens is 347 g/mol. The van der Waals surface area contributed by atoms with Gasteiger partial charge in [-0.25, -0.2) is 4.57 Å². The number of alkyl halides is 1. The molecule has 0 aliphatic heterocycles. The molecule has 0 amide bonds. The van der Waals surface area contributed by atoms with E-state index in [1.165, 1.54) is 0 Å². The Balaban J connectivity index is 0. The van der Waals surface area contributed by atoms with E-state index in [2.05, 4.69) is 32.2 Å². The van der Waals surface area contributed by atoms with Gasteiger partial charge in [0, 0.05) is 5.41 Å². The minimum Gasteiger partial charge on any atom is -0.396 e. The van der Waals surface area contributed by atoms with Crippen LogP contribution in [0.25, 0.3) is 0 Å². The Hall–Kier alpha value is 0.990.